The third-order valence-corrected chi connectivity index (χ3v) is 6.09. The van der Waals surface area contributed by atoms with E-state index in [2.05, 4.69) is 10.3 Å². The summed E-state index contributed by atoms with van der Waals surface area (Å²) in [4.78, 5) is 27.9. The molecule has 0 bridgehead atoms. The molecular formula is C21H21F2N3O2S. The Hall–Kier alpha value is -2.74. The molecule has 0 radical (unpaired) electrons. The van der Waals surface area contributed by atoms with Crippen LogP contribution in [0.5, 0.6) is 0 Å². The van der Waals surface area contributed by atoms with Crippen LogP contribution in [0.4, 0.5) is 8.78 Å². The number of thioether (sulfide) groups is 1. The number of nitrogens with zero attached hydrogens (tertiary/aromatic N) is 1. The second-order valence-corrected chi connectivity index (χ2v) is 8.55. The van der Waals surface area contributed by atoms with E-state index in [1.54, 1.807) is 56.3 Å². The zero-order chi connectivity index (χ0) is 21.4. The Balaban J connectivity index is 1.80. The number of carbonyl (C=O) groups excluding carboxylic acids is 2. The molecule has 0 aliphatic carbocycles. The van der Waals surface area contributed by atoms with Crippen molar-refractivity contribution in [2.24, 2.45) is 10.7 Å². The highest BCUT2D eigenvalue weighted by molar-refractivity contribution is 8.15. The number of aliphatic imine (C=N–C) groups is 1. The minimum absolute atomic E-state index is 0.0697. The normalized spacial score (nSPS) is 20.3. The second-order valence-electron chi connectivity index (χ2n) is 7.14. The van der Waals surface area contributed by atoms with Gasteiger partial charge in [0.1, 0.15) is 4.75 Å². The lowest BCUT2D eigenvalue weighted by molar-refractivity contribution is -0.119. The van der Waals surface area contributed by atoms with Crippen LogP contribution >= 0.6 is 11.8 Å². The quantitative estimate of drug-likeness (QED) is 0.767. The van der Waals surface area contributed by atoms with E-state index in [4.69, 9.17) is 5.73 Å². The molecule has 2 atom stereocenters. The first-order valence-electron chi connectivity index (χ1n) is 8.98. The summed E-state index contributed by atoms with van der Waals surface area (Å²) in [5.74, 6) is -3.90. The molecule has 2 amide bonds. The third-order valence-electron chi connectivity index (χ3n) is 4.87. The molecule has 2 aromatic carbocycles. The molecule has 8 heteroatoms. The number of carbonyl (C=O) groups is 2. The number of amidine groups is 1. The van der Waals surface area contributed by atoms with E-state index in [1.807, 2.05) is 0 Å². The monoisotopic (exact) mass is 417 g/mol. The number of hydrogen-bond acceptors (Lipinski definition) is 4. The lowest BCUT2D eigenvalue weighted by atomic mass is 9.97. The Bertz CT molecular complexity index is 986. The molecule has 5 nitrogen and oxygen atoms in total. The summed E-state index contributed by atoms with van der Waals surface area (Å²) in [5, 5.41) is 3.44. The number of rotatable bonds is 5. The van der Waals surface area contributed by atoms with Gasteiger partial charge in [0.05, 0.1) is 6.04 Å². The highest BCUT2D eigenvalue weighted by Crippen LogP contribution is 2.43. The fourth-order valence-electron chi connectivity index (χ4n) is 3.19. The van der Waals surface area contributed by atoms with Crippen molar-refractivity contribution < 1.29 is 18.4 Å². The Morgan fingerprint density at radius 3 is 2.41 bits per heavy atom. The maximum atomic E-state index is 13.9. The Labute approximate surface area is 171 Å². The molecule has 1 aliphatic heterocycles. The van der Waals surface area contributed by atoms with Gasteiger partial charge in [0, 0.05) is 18.1 Å². The van der Waals surface area contributed by atoms with Crippen LogP contribution in [-0.4, -0.2) is 17.0 Å². The minimum Gasteiger partial charge on any atom is -0.366 e. The molecule has 3 N–H and O–H groups in total. The van der Waals surface area contributed by atoms with E-state index in [9.17, 15) is 18.4 Å². The standard InChI is InChI=1S/C21H21F2N3O2S/c1-12(15-6-4-5-7-16(15)21(3,22)23)25-19-26-18(28)20(2,29-19)14-10-8-13(9-11-14)17(24)27/h4-12H,1-3H3,(H2,24,27)(H,25,26,28)/t12-,20?/m0/s1. The molecule has 0 saturated carbocycles. The average Bonchev–Trinajstić information content (AvgIpc) is 2.95. The largest absolute Gasteiger partial charge is 0.366 e. The number of alkyl halides is 2. The molecule has 29 heavy (non-hydrogen) atoms. The van der Waals surface area contributed by atoms with Crippen LogP contribution in [0.3, 0.4) is 0 Å². The van der Waals surface area contributed by atoms with Gasteiger partial charge in [-0.05, 0) is 37.1 Å². The van der Waals surface area contributed by atoms with Gasteiger partial charge in [-0.15, -0.1) is 0 Å². The molecule has 1 unspecified atom stereocenters. The lowest BCUT2D eigenvalue weighted by Gasteiger charge is -2.23. The summed E-state index contributed by atoms with van der Waals surface area (Å²) >= 11 is 1.21. The van der Waals surface area contributed by atoms with E-state index in [-0.39, 0.29) is 11.5 Å². The Morgan fingerprint density at radius 2 is 1.83 bits per heavy atom. The van der Waals surface area contributed by atoms with Crippen molar-refractivity contribution in [3.05, 3.63) is 70.8 Å². The van der Waals surface area contributed by atoms with Crippen molar-refractivity contribution in [1.29, 1.82) is 0 Å². The van der Waals surface area contributed by atoms with Crippen LogP contribution in [-0.2, 0) is 15.5 Å². The van der Waals surface area contributed by atoms with Crippen molar-refractivity contribution in [1.82, 2.24) is 5.32 Å². The van der Waals surface area contributed by atoms with E-state index < -0.39 is 22.6 Å². The van der Waals surface area contributed by atoms with Crippen molar-refractivity contribution in [3.8, 4) is 0 Å². The van der Waals surface area contributed by atoms with Gasteiger partial charge >= 0.3 is 0 Å². The summed E-state index contributed by atoms with van der Waals surface area (Å²) in [6.45, 7) is 4.34. The number of nitrogens with one attached hydrogen (secondary N) is 1. The van der Waals surface area contributed by atoms with Gasteiger partial charge in [-0.25, -0.2) is 8.78 Å². The predicted molar refractivity (Wildman–Crippen MR) is 110 cm³/mol. The predicted octanol–water partition coefficient (Wildman–Crippen LogP) is 4.09. The van der Waals surface area contributed by atoms with Gasteiger partial charge in [0.2, 0.25) is 5.91 Å². The van der Waals surface area contributed by atoms with Crippen molar-refractivity contribution >= 4 is 28.7 Å². The third kappa shape index (κ3) is 4.17. The highest BCUT2D eigenvalue weighted by Gasteiger charge is 2.43. The number of amides is 2. The molecule has 1 heterocycles. The zero-order valence-corrected chi connectivity index (χ0v) is 17.0. The fraction of sp³-hybridized carbons (Fsp3) is 0.286. The second kappa shape index (κ2) is 7.59. The number of nitrogens with two attached hydrogens (primary N) is 1. The smallest absolute Gasteiger partial charge is 0.270 e. The van der Waals surface area contributed by atoms with Gasteiger partial charge in [-0.2, -0.15) is 4.99 Å². The Kier molecular flexibility index (Phi) is 5.49. The van der Waals surface area contributed by atoms with E-state index in [0.29, 0.717) is 21.9 Å². The maximum Gasteiger partial charge on any atom is 0.270 e. The van der Waals surface area contributed by atoms with Crippen molar-refractivity contribution in [3.63, 3.8) is 0 Å². The molecule has 0 fully saturated rings. The van der Waals surface area contributed by atoms with Crippen LogP contribution in [0.15, 0.2) is 53.5 Å². The van der Waals surface area contributed by atoms with Crippen molar-refractivity contribution in [2.75, 3.05) is 0 Å². The SMILES string of the molecule is C[C@H](NC1=NC(=O)C(C)(c2ccc(C(N)=O)cc2)S1)c1ccccc1C(C)(F)F. The van der Waals surface area contributed by atoms with Gasteiger partial charge in [0.15, 0.2) is 5.17 Å². The van der Waals surface area contributed by atoms with Gasteiger partial charge in [0.25, 0.3) is 11.8 Å². The van der Waals surface area contributed by atoms with Gasteiger partial charge < -0.3 is 11.1 Å². The zero-order valence-electron chi connectivity index (χ0n) is 16.2. The fourth-order valence-corrected chi connectivity index (χ4v) is 4.33. The Morgan fingerprint density at radius 1 is 1.21 bits per heavy atom. The van der Waals surface area contributed by atoms with Gasteiger partial charge in [-0.3, -0.25) is 9.59 Å². The van der Waals surface area contributed by atoms with Crippen LogP contribution in [0.1, 0.15) is 53.9 Å². The molecule has 0 saturated heterocycles. The number of benzene rings is 2. The summed E-state index contributed by atoms with van der Waals surface area (Å²) in [6.07, 6.45) is 0. The van der Waals surface area contributed by atoms with Crippen LogP contribution in [0.2, 0.25) is 0 Å². The van der Waals surface area contributed by atoms with Crippen LogP contribution in [0.25, 0.3) is 0 Å². The summed E-state index contributed by atoms with van der Waals surface area (Å²) in [5.41, 5.74) is 6.64. The maximum absolute atomic E-state index is 13.9. The summed E-state index contributed by atoms with van der Waals surface area (Å²) in [7, 11) is 0. The number of hydrogen-bond donors (Lipinski definition) is 2. The topological polar surface area (TPSA) is 84.6 Å². The summed E-state index contributed by atoms with van der Waals surface area (Å²) < 4.78 is 26.9. The molecule has 0 aromatic heterocycles. The molecule has 1 aliphatic rings. The average molecular weight is 417 g/mol. The van der Waals surface area contributed by atoms with E-state index in [1.165, 1.54) is 17.8 Å². The number of primary amides is 1. The highest BCUT2D eigenvalue weighted by atomic mass is 32.2. The molecular weight excluding hydrogens is 396 g/mol. The minimum atomic E-state index is -2.98. The van der Waals surface area contributed by atoms with Crippen molar-refractivity contribution in [2.45, 2.75) is 37.5 Å². The molecule has 2 aromatic rings. The number of halogens is 2. The molecule has 152 valence electrons. The van der Waals surface area contributed by atoms with Crippen LogP contribution in [0, 0.1) is 0 Å². The van der Waals surface area contributed by atoms with Crippen LogP contribution < -0.4 is 11.1 Å². The molecule has 0 spiro atoms. The van der Waals surface area contributed by atoms with Gasteiger partial charge in [-0.1, -0.05) is 48.2 Å². The first-order chi connectivity index (χ1) is 13.5. The first kappa shape index (κ1) is 21.0. The first-order valence-corrected chi connectivity index (χ1v) is 9.80. The lowest BCUT2D eigenvalue weighted by Crippen LogP contribution is -2.28. The summed E-state index contributed by atoms with van der Waals surface area (Å²) in [6, 6.07) is 12.3. The van der Waals surface area contributed by atoms with E-state index >= 15 is 0 Å². The molecule has 3 rings (SSSR count). The van der Waals surface area contributed by atoms with E-state index in [0.717, 1.165) is 6.92 Å².